The maximum Gasteiger partial charge on any atom is 0.331 e. The van der Waals surface area contributed by atoms with Gasteiger partial charge >= 0.3 is 5.97 Å². The van der Waals surface area contributed by atoms with E-state index >= 15 is 0 Å². The van der Waals surface area contributed by atoms with Crippen molar-refractivity contribution in [3.8, 4) is 0 Å². The Morgan fingerprint density at radius 1 is 1.46 bits per heavy atom. The first kappa shape index (κ1) is 10.3. The van der Waals surface area contributed by atoms with Crippen molar-refractivity contribution in [2.45, 2.75) is 32.4 Å². The molecule has 1 heterocycles. The van der Waals surface area contributed by atoms with Gasteiger partial charge in [-0.3, -0.25) is 4.90 Å². The summed E-state index contributed by atoms with van der Waals surface area (Å²) >= 11 is 0. The zero-order valence-corrected chi connectivity index (χ0v) is 8.16. The lowest BCUT2D eigenvalue weighted by atomic mass is 10.1. The SMILES string of the molecule is C=CC(=O)OC(C)N1CCCCC1. The van der Waals surface area contributed by atoms with Crippen LogP contribution in [0, 0.1) is 0 Å². The molecule has 13 heavy (non-hydrogen) atoms. The predicted octanol–water partition coefficient (Wildman–Crippen LogP) is 1.55. The normalized spacial score (nSPS) is 20.7. The molecular formula is C10H17NO2. The Morgan fingerprint density at radius 2 is 2.08 bits per heavy atom. The Morgan fingerprint density at radius 3 is 2.62 bits per heavy atom. The van der Waals surface area contributed by atoms with E-state index in [1.165, 1.54) is 25.3 Å². The van der Waals surface area contributed by atoms with Gasteiger partial charge in [0, 0.05) is 19.2 Å². The van der Waals surface area contributed by atoms with Crippen LogP contribution in [0.15, 0.2) is 12.7 Å². The zero-order valence-electron chi connectivity index (χ0n) is 8.16. The molecule has 0 spiro atoms. The second-order valence-electron chi connectivity index (χ2n) is 3.34. The van der Waals surface area contributed by atoms with Crippen molar-refractivity contribution in [3.63, 3.8) is 0 Å². The summed E-state index contributed by atoms with van der Waals surface area (Å²) < 4.78 is 5.11. The molecule has 1 rings (SSSR count). The van der Waals surface area contributed by atoms with Crippen LogP contribution in [0.25, 0.3) is 0 Å². The highest BCUT2D eigenvalue weighted by molar-refractivity contribution is 5.81. The molecule has 0 aromatic carbocycles. The molecule has 3 heteroatoms. The van der Waals surface area contributed by atoms with Gasteiger partial charge < -0.3 is 4.74 Å². The number of carbonyl (C=O) groups is 1. The van der Waals surface area contributed by atoms with E-state index in [2.05, 4.69) is 11.5 Å². The van der Waals surface area contributed by atoms with Crippen molar-refractivity contribution in [2.24, 2.45) is 0 Å². The Kier molecular flexibility index (Phi) is 3.96. The smallest absolute Gasteiger partial charge is 0.331 e. The van der Waals surface area contributed by atoms with Crippen LogP contribution in [0.4, 0.5) is 0 Å². The largest absolute Gasteiger partial charge is 0.443 e. The van der Waals surface area contributed by atoms with E-state index in [9.17, 15) is 4.79 Å². The summed E-state index contributed by atoms with van der Waals surface area (Å²) in [4.78, 5) is 13.1. The van der Waals surface area contributed by atoms with Gasteiger partial charge in [0.2, 0.25) is 0 Å². The molecule has 0 aromatic heterocycles. The topological polar surface area (TPSA) is 29.5 Å². The number of nitrogens with zero attached hydrogens (tertiary/aromatic N) is 1. The van der Waals surface area contributed by atoms with Crippen molar-refractivity contribution in [3.05, 3.63) is 12.7 Å². The molecule has 0 aliphatic carbocycles. The molecule has 0 amide bonds. The third-order valence-corrected chi connectivity index (χ3v) is 2.36. The average Bonchev–Trinajstić information content (AvgIpc) is 2.19. The van der Waals surface area contributed by atoms with E-state index in [1.54, 1.807) is 0 Å². The lowest BCUT2D eigenvalue weighted by Gasteiger charge is -2.31. The standard InChI is InChI=1S/C10H17NO2/c1-3-10(12)13-9(2)11-7-5-4-6-8-11/h3,9H,1,4-8H2,2H3. The van der Waals surface area contributed by atoms with E-state index < -0.39 is 0 Å². The first-order valence-electron chi connectivity index (χ1n) is 4.81. The second kappa shape index (κ2) is 5.02. The number of carbonyl (C=O) groups excluding carboxylic acids is 1. The molecule has 0 bridgehead atoms. The Bertz CT molecular complexity index is 185. The number of esters is 1. The van der Waals surface area contributed by atoms with Gasteiger partial charge in [0.25, 0.3) is 0 Å². The summed E-state index contributed by atoms with van der Waals surface area (Å²) in [6.07, 6.45) is 4.80. The van der Waals surface area contributed by atoms with Crippen LogP contribution in [0.1, 0.15) is 26.2 Å². The van der Waals surface area contributed by atoms with E-state index in [0.29, 0.717) is 0 Å². The van der Waals surface area contributed by atoms with Crippen LogP contribution in [-0.2, 0) is 9.53 Å². The molecule has 0 radical (unpaired) electrons. The van der Waals surface area contributed by atoms with Crippen molar-refractivity contribution in [1.29, 1.82) is 0 Å². The lowest BCUT2D eigenvalue weighted by Crippen LogP contribution is -2.39. The van der Waals surface area contributed by atoms with Crippen LogP contribution in [0.2, 0.25) is 0 Å². The molecule has 1 aliphatic rings. The predicted molar refractivity (Wildman–Crippen MR) is 51.2 cm³/mol. The molecule has 1 saturated heterocycles. The van der Waals surface area contributed by atoms with Crippen molar-refractivity contribution < 1.29 is 9.53 Å². The molecule has 1 atom stereocenters. The fraction of sp³-hybridized carbons (Fsp3) is 0.700. The molecule has 3 nitrogen and oxygen atoms in total. The van der Waals surface area contributed by atoms with Gasteiger partial charge in [0.15, 0.2) is 6.23 Å². The summed E-state index contributed by atoms with van der Waals surface area (Å²) in [5.41, 5.74) is 0. The maximum atomic E-state index is 10.9. The van der Waals surface area contributed by atoms with Gasteiger partial charge in [-0.2, -0.15) is 0 Å². The fourth-order valence-corrected chi connectivity index (χ4v) is 1.57. The van der Waals surface area contributed by atoms with Gasteiger partial charge in [0.1, 0.15) is 0 Å². The summed E-state index contributed by atoms with van der Waals surface area (Å²) in [6, 6.07) is 0. The molecule has 0 saturated carbocycles. The second-order valence-corrected chi connectivity index (χ2v) is 3.34. The Labute approximate surface area is 79.4 Å². The van der Waals surface area contributed by atoms with E-state index in [1.807, 2.05) is 6.92 Å². The van der Waals surface area contributed by atoms with Gasteiger partial charge in [0.05, 0.1) is 0 Å². The molecule has 0 N–H and O–H groups in total. The Balaban J connectivity index is 2.32. The summed E-state index contributed by atoms with van der Waals surface area (Å²) in [7, 11) is 0. The third kappa shape index (κ3) is 3.19. The van der Waals surface area contributed by atoms with Crippen LogP contribution in [0.5, 0.6) is 0 Å². The number of piperidine rings is 1. The van der Waals surface area contributed by atoms with Crippen molar-refractivity contribution >= 4 is 5.97 Å². The van der Waals surface area contributed by atoms with Crippen LogP contribution < -0.4 is 0 Å². The van der Waals surface area contributed by atoms with Gasteiger partial charge in [-0.05, 0) is 19.8 Å². The van der Waals surface area contributed by atoms with Crippen molar-refractivity contribution in [2.75, 3.05) is 13.1 Å². The number of hydrogen-bond donors (Lipinski definition) is 0. The van der Waals surface area contributed by atoms with Crippen LogP contribution in [0.3, 0.4) is 0 Å². The minimum Gasteiger partial charge on any atom is -0.443 e. The minimum atomic E-state index is -0.335. The maximum absolute atomic E-state index is 10.9. The highest BCUT2D eigenvalue weighted by Crippen LogP contribution is 2.12. The zero-order chi connectivity index (χ0) is 9.68. The molecule has 1 unspecified atom stereocenters. The van der Waals surface area contributed by atoms with Crippen molar-refractivity contribution in [1.82, 2.24) is 4.90 Å². The van der Waals surface area contributed by atoms with E-state index in [0.717, 1.165) is 13.1 Å². The van der Waals surface area contributed by atoms with Crippen LogP contribution >= 0.6 is 0 Å². The first-order valence-corrected chi connectivity index (χ1v) is 4.81. The highest BCUT2D eigenvalue weighted by Gasteiger charge is 2.18. The molecule has 1 aliphatic heterocycles. The summed E-state index contributed by atoms with van der Waals surface area (Å²) in [5, 5.41) is 0. The van der Waals surface area contributed by atoms with Crippen LogP contribution in [-0.4, -0.2) is 30.2 Å². The Hall–Kier alpha value is -0.830. The highest BCUT2D eigenvalue weighted by atomic mass is 16.6. The molecular weight excluding hydrogens is 166 g/mol. The van der Waals surface area contributed by atoms with Gasteiger partial charge in [-0.1, -0.05) is 13.0 Å². The average molecular weight is 183 g/mol. The molecule has 1 fully saturated rings. The molecule has 0 aromatic rings. The number of hydrogen-bond acceptors (Lipinski definition) is 3. The number of rotatable bonds is 3. The lowest BCUT2D eigenvalue weighted by molar-refractivity contribution is -0.152. The monoisotopic (exact) mass is 183 g/mol. The molecule has 74 valence electrons. The van der Waals surface area contributed by atoms with E-state index in [-0.39, 0.29) is 12.2 Å². The number of likely N-dealkylation sites (tertiary alicyclic amines) is 1. The summed E-state index contributed by atoms with van der Waals surface area (Å²) in [6.45, 7) is 7.34. The third-order valence-electron chi connectivity index (χ3n) is 2.36. The quantitative estimate of drug-likeness (QED) is 0.491. The number of ether oxygens (including phenoxy) is 1. The fourth-order valence-electron chi connectivity index (χ4n) is 1.57. The summed E-state index contributed by atoms with van der Waals surface area (Å²) in [5.74, 6) is -0.335. The first-order chi connectivity index (χ1) is 6.24. The minimum absolute atomic E-state index is 0.106. The van der Waals surface area contributed by atoms with E-state index in [4.69, 9.17) is 4.74 Å². The van der Waals surface area contributed by atoms with Gasteiger partial charge in [-0.25, -0.2) is 4.79 Å². The van der Waals surface area contributed by atoms with Gasteiger partial charge in [-0.15, -0.1) is 0 Å².